The average molecular weight is 313 g/mol. The summed E-state index contributed by atoms with van der Waals surface area (Å²) in [4.78, 5) is 0.0372. The van der Waals surface area contributed by atoms with E-state index < -0.39 is 10.0 Å². The Balaban J connectivity index is 1.94. The molecule has 6 nitrogen and oxygen atoms in total. The van der Waals surface area contributed by atoms with Gasteiger partial charge >= 0.3 is 0 Å². The van der Waals surface area contributed by atoms with Crippen LogP contribution in [-0.2, 0) is 23.0 Å². The van der Waals surface area contributed by atoms with E-state index in [1.807, 2.05) is 0 Å². The highest BCUT2D eigenvalue weighted by Crippen LogP contribution is 2.08. The molecule has 0 saturated carbocycles. The fourth-order valence-corrected chi connectivity index (χ4v) is 2.80. The first-order valence-electron chi connectivity index (χ1n) is 6.39. The number of nitrogens with zero attached hydrogens (tertiary/aromatic N) is 2. The maximum absolute atomic E-state index is 13.0. The van der Waals surface area contributed by atoms with E-state index in [4.69, 9.17) is 5.11 Å². The zero-order valence-electron chi connectivity index (χ0n) is 11.2. The first-order valence-corrected chi connectivity index (χ1v) is 7.87. The number of hydrogen-bond acceptors (Lipinski definition) is 4. The average Bonchev–Trinajstić information content (AvgIpc) is 2.88. The maximum atomic E-state index is 13.0. The van der Waals surface area contributed by atoms with Gasteiger partial charge in [0.15, 0.2) is 0 Å². The van der Waals surface area contributed by atoms with Crippen molar-refractivity contribution >= 4 is 10.0 Å². The Morgan fingerprint density at radius 3 is 2.90 bits per heavy atom. The Bertz CT molecular complexity index is 700. The number of nitrogens with one attached hydrogen (secondary N) is 1. The van der Waals surface area contributed by atoms with Crippen LogP contribution >= 0.6 is 0 Å². The summed E-state index contributed by atoms with van der Waals surface area (Å²) in [6.07, 6.45) is 2.96. The molecule has 1 heterocycles. The predicted octanol–water partition coefficient (Wildman–Crippen LogP) is 0.535. The fraction of sp³-hybridized carbons (Fsp3) is 0.308. The van der Waals surface area contributed by atoms with Gasteiger partial charge in [0.1, 0.15) is 10.7 Å². The minimum Gasteiger partial charge on any atom is -0.394 e. The zero-order valence-corrected chi connectivity index (χ0v) is 12.1. The van der Waals surface area contributed by atoms with Crippen LogP contribution in [0.4, 0.5) is 4.39 Å². The van der Waals surface area contributed by atoms with Crippen molar-refractivity contribution in [3.05, 3.63) is 48.0 Å². The van der Waals surface area contributed by atoms with Crippen LogP contribution < -0.4 is 4.72 Å². The second-order valence-corrected chi connectivity index (χ2v) is 6.21. The van der Waals surface area contributed by atoms with Crippen molar-refractivity contribution in [2.75, 3.05) is 13.2 Å². The van der Waals surface area contributed by atoms with Crippen LogP contribution in [0.1, 0.15) is 5.56 Å². The van der Waals surface area contributed by atoms with Crippen molar-refractivity contribution in [3.63, 3.8) is 0 Å². The van der Waals surface area contributed by atoms with Gasteiger partial charge in [-0.2, -0.15) is 5.10 Å². The molecular weight excluding hydrogens is 297 g/mol. The second-order valence-electron chi connectivity index (χ2n) is 4.44. The molecule has 1 aromatic carbocycles. The largest absolute Gasteiger partial charge is 0.394 e. The molecule has 0 atom stereocenters. The number of rotatable bonds is 7. The Morgan fingerprint density at radius 1 is 1.38 bits per heavy atom. The molecule has 8 heteroatoms. The highest BCUT2D eigenvalue weighted by molar-refractivity contribution is 7.89. The number of aliphatic hydroxyl groups is 1. The molecule has 0 bridgehead atoms. The van der Waals surface area contributed by atoms with Crippen molar-refractivity contribution < 1.29 is 17.9 Å². The van der Waals surface area contributed by atoms with Gasteiger partial charge in [-0.05, 0) is 24.1 Å². The Morgan fingerprint density at radius 2 is 2.19 bits per heavy atom. The van der Waals surface area contributed by atoms with Crippen molar-refractivity contribution in [3.8, 4) is 0 Å². The van der Waals surface area contributed by atoms with Crippen LogP contribution in [0.3, 0.4) is 0 Å². The number of hydrogen-bond donors (Lipinski definition) is 2. The molecule has 114 valence electrons. The first-order chi connectivity index (χ1) is 10.0. The van der Waals surface area contributed by atoms with E-state index in [0.717, 1.165) is 0 Å². The molecule has 0 amide bonds. The van der Waals surface area contributed by atoms with E-state index in [-0.39, 0.29) is 30.4 Å². The molecule has 0 saturated heterocycles. The lowest BCUT2D eigenvalue weighted by atomic mass is 10.1. The summed E-state index contributed by atoms with van der Waals surface area (Å²) in [5.74, 6) is -0.347. The molecule has 2 N–H and O–H groups in total. The fourth-order valence-electron chi connectivity index (χ4n) is 1.81. The van der Waals surface area contributed by atoms with Gasteiger partial charge < -0.3 is 5.11 Å². The SMILES string of the molecule is O=S(=O)(NCCc1cccc(F)c1)c1cnn(CCO)c1. The summed E-state index contributed by atoms with van der Waals surface area (Å²) in [7, 11) is -3.65. The van der Waals surface area contributed by atoms with Crippen molar-refractivity contribution in [1.82, 2.24) is 14.5 Å². The molecule has 2 rings (SSSR count). The summed E-state index contributed by atoms with van der Waals surface area (Å²) >= 11 is 0. The van der Waals surface area contributed by atoms with Crippen LogP contribution in [0.5, 0.6) is 0 Å². The molecule has 0 aliphatic heterocycles. The minimum atomic E-state index is -3.65. The molecule has 0 spiro atoms. The Hall–Kier alpha value is -1.77. The van der Waals surface area contributed by atoms with E-state index in [1.54, 1.807) is 12.1 Å². The molecule has 0 radical (unpaired) electrons. The highest BCUT2D eigenvalue weighted by atomic mass is 32.2. The standard InChI is InChI=1S/C13H16FN3O3S/c14-12-3-1-2-11(8-12)4-5-16-21(19,20)13-9-15-17(10-13)6-7-18/h1-3,8-10,16,18H,4-7H2. The molecule has 0 aliphatic carbocycles. The van der Waals surface area contributed by atoms with Crippen LogP contribution in [0, 0.1) is 5.82 Å². The van der Waals surface area contributed by atoms with Crippen LogP contribution in [0.25, 0.3) is 0 Å². The van der Waals surface area contributed by atoms with Gasteiger partial charge in [0.2, 0.25) is 10.0 Å². The van der Waals surface area contributed by atoms with E-state index in [1.165, 1.54) is 29.2 Å². The number of sulfonamides is 1. The van der Waals surface area contributed by atoms with Gasteiger partial charge in [-0.1, -0.05) is 12.1 Å². The smallest absolute Gasteiger partial charge is 0.243 e. The van der Waals surface area contributed by atoms with Crippen molar-refractivity contribution in [1.29, 1.82) is 0 Å². The zero-order chi connectivity index (χ0) is 15.3. The third kappa shape index (κ3) is 4.35. The normalized spacial score (nSPS) is 11.7. The second kappa shape index (κ2) is 6.79. The topological polar surface area (TPSA) is 84.2 Å². The van der Waals surface area contributed by atoms with Gasteiger partial charge in [0.05, 0.1) is 19.3 Å². The van der Waals surface area contributed by atoms with Crippen molar-refractivity contribution in [2.45, 2.75) is 17.9 Å². The van der Waals surface area contributed by atoms with Crippen molar-refractivity contribution in [2.24, 2.45) is 0 Å². The monoisotopic (exact) mass is 313 g/mol. The van der Waals surface area contributed by atoms with E-state index in [2.05, 4.69) is 9.82 Å². The predicted molar refractivity (Wildman–Crippen MR) is 74.6 cm³/mol. The summed E-state index contributed by atoms with van der Waals surface area (Å²) in [6.45, 7) is 0.282. The molecular formula is C13H16FN3O3S. The molecule has 0 aliphatic rings. The lowest BCUT2D eigenvalue weighted by Crippen LogP contribution is -2.25. The summed E-state index contributed by atoms with van der Waals surface area (Å²) in [5, 5.41) is 12.6. The Labute approximate surface area is 122 Å². The van der Waals surface area contributed by atoms with E-state index in [9.17, 15) is 12.8 Å². The number of halogens is 1. The van der Waals surface area contributed by atoms with Crippen LogP contribution in [0.15, 0.2) is 41.6 Å². The van der Waals surface area contributed by atoms with E-state index in [0.29, 0.717) is 12.0 Å². The van der Waals surface area contributed by atoms with Gasteiger partial charge in [0.25, 0.3) is 0 Å². The molecule has 21 heavy (non-hydrogen) atoms. The molecule has 0 unspecified atom stereocenters. The third-order valence-electron chi connectivity index (χ3n) is 2.84. The minimum absolute atomic E-state index is 0.0372. The van der Waals surface area contributed by atoms with E-state index >= 15 is 0 Å². The summed E-state index contributed by atoms with van der Waals surface area (Å²) in [5.41, 5.74) is 0.716. The molecule has 1 aromatic heterocycles. The number of aliphatic hydroxyl groups excluding tert-OH is 1. The lowest BCUT2D eigenvalue weighted by molar-refractivity contribution is 0.269. The van der Waals surface area contributed by atoms with Gasteiger partial charge in [-0.15, -0.1) is 0 Å². The van der Waals surface area contributed by atoms with Gasteiger partial charge in [-0.3, -0.25) is 4.68 Å². The van der Waals surface area contributed by atoms with Gasteiger partial charge in [0, 0.05) is 12.7 Å². The molecule has 0 fully saturated rings. The quantitative estimate of drug-likeness (QED) is 0.781. The maximum Gasteiger partial charge on any atom is 0.243 e. The summed E-state index contributed by atoms with van der Waals surface area (Å²) in [6, 6.07) is 6.02. The third-order valence-corrected chi connectivity index (χ3v) is 4.26. The lowest BCUT2D eigenvalue weighted by Gasteiger charge is -2.05. The highest BCUT2D eigenvalue weighted by Gasteiger charge is 2.15. The summed E-state index contributed by atoms with van der Waals surface area (Å²) < 4.78 is 40.8. The van der Waals surface area contributed by atoms with Crippen LogP contribution in [-0.4, -0.2) is 36.5 Å². The van der Waals surface area contributed by atoms with Gasteiger partial charge in [-0.25, -0.2) is 17.5 Å². The first kappa shape index (κ1) is 15.6. The molecule has 2 aromatic rings. The Kier molecular flexibility index (Phi) is 5.05. The number of aromatic nitrogens is 2. The number of benzene rings is 1. The van der Waals surface area contributed by atoms with Crippen LogP contribution in [0.2, 0.25) is 0 Å².